The second-order valence-electron chi connectivity index (χ2n) is 4.50. The summed E-state index contributed by atoms with van der Waals surface area (Å²) < 4.78 is 1.06. The van der Waals surface area contributed by atoms with E-state index in [1.807, 2.05) is 37.3 Å². The highest BCUT2D eigenvalue weighted by atomic mass is 79.9. The lowest BCUT2D eigenvalue weighted by atomic mass is 10.1. The average Bonchev–Trinajstić information content (AvgIpc) is 2.34. The Hall–Kier alpha value is -1.39. The minimum Gasteiger partial charge on any atom is -0.389 e. The Morgan fingerprint density at radius 1 is 1.11 bits per heavy atom. The van der Waals surface area contributed by atoms with Gasteiger partial charge in [0.05, 0.1) is 0 Å². The van der Waals surface area contributed by atoms with Gasteiger partial charge in [-0.2, -0.15) is 0 Å². The van der Waals surface area contributed by atoms with Crippen molar-refractivity contribution in [2.24, 2.45) is 5.73 Å². The number of halogens is 1. The van der Waals surface area contributed by atoms with Crippen molar-refractivity contribution in [2.75, 3.05) is 5.32 Å². The molecule has 98 valence electrons. The van der Waals surface area contributed by atoms with Crippen LogP contribution in [0.1, 0.15) is 16.7 Å². The molecule has 0 saturated heterocycles. The highest BCUT2D eigenvalue weighted by molar-refractivity contribution is 9.10. The minimum absolute atomic E-state index is 0.404. The lowest BCUT2D eigenvalue weighted by molar-refractivity contribution is 1.39. The Morgan fingerprint density at radius 3 is 2.42 bits per heavy atom. The van der Waals surface area contributed by atoms with Gasteiger partial charge in [-0.1, -0.05) is 39.8 Å². The third kappa shape index (κ3) is 3.33. The molecule has 0 aliphatic rings. The Kier molecular flexibility index (Phi) is 4.22. The molecule has 0 atom stereocenters. The largest absolute Gasteiger partial charge is 0.389 e. The first-order valence-electron chi connectivity index (χ1n) is 5.91. The van der Waals surface area contributed by atoms with E-state index in [2.05, 4.69) is 34.2 Å². The highest BCUT2D eigenvalue weighted by Crippen LogP contribution is 2.26. The molecule has 4 heteroatoms. The zero-order chi connectivity index (χ0) is 14.0. The third-order valence-corrected chi connectivity index (χ3v) is 3.61. The van der Waals surface area contributed by atoms with E-state index in [9.17, 15) is 0 Å². The Bertz CT molecular complexity index is 638. The van der Waals surface area contributed by atoms with Crippen molar-refractivity contribution in [2.45, 2.75) is 13.8 Å². The molecule has 2 aromatic carbocycles. The molecule has 0 heterocycles. The van der Waals surface area contributed by atoms with Gasteiger partial charge in [0, 0.05) is 21.4 Å². The third-order valence-electron chi connectivity index (χ3n) is 2.90. The van der Waals surface area contributed by atoms with Crippen molar-refractivity contribution >= 4 is 44.5 Å². The van der Waals surface area contributed by atoms with Gasteiger partial charge in [0.25, 0.3) is 0 Å². The summed E-state index contributed by atoms with van der Waals surface area (Å²) >= 11 is 8.57. The van der Waals surface area contributed by atoms with Gasteiger partial charge >= 0.3 is 0 Å². The summed E-state index contributed by atoms with van der Waals surface area (Å²) in [5.41, 5.74) is 10.9. The van der Waals surface area contributed by atoms with Crippen molar-refractivity contribution in [3.05, 3.63) is 57.6 Å². The molecule has 0 aromatic heterocycles. The first-order valence-corrected chi connectivity index (χ1v) is 7.11. The van der Waals surface area contributed by atoms with Crippen LogP contribution in [-0.4, -0.2) is 4.99 Å². The Labute approximate surface area is 127 Å². The SMILES string of the molecule is Cc1ccc(Nc2ccc(Br)cc2C)c(C(N)=S)c1. The number of anilines is 2. The summed E-state index contributed by atoms with van der Waals surface area (Å²) in [5.74, 6) is 0. The molecule has 3 N–H and O–H groups in total. The average molecular weight is 335 g/mol. The fourth-order valence-electron chi connectivity index (χ4n) is 1.88. The van der Waals surface area contributed by atoms with Crippen LogP contribution in [-0.2, 0) is 0 Å². The Balaban J connectivity index is 2.40. The Morgan fingerprint density at radius 2 is 1.79 bits per heavy atom. The molecular weight excluding hydrogens is 320 g/mol. The lowest BCUT2D eigenvalue weighted by Crippen LogP contribution is -2.12. The van der Waals surface area contributed by atoms with Gasteiger partial charge in [-0.25, -0.2) is 0 Å². The molecule has 0 fully saturated rings. The first kappa shape index (κ1) is 14.0. The standard InChI is InChI=1S/C15H15BrN2S/c1-9-3-5-14(12(7-9)15(17)19)18-13-6-4-11(16)8-10(13)2/h3-8,18H,1-2H3,(H2,17,19). The van der Waals surface area contributed by atoms with Crippen LogP contribution in [0.25, 0.3) is 0 Å². The smallest absolute Gasteiger partial charge is 0.106 e. The number of hydrogen-bond acceptors (Lipinski definition) is 2. The van der Waals surface area contributed by atoms with Crippen LogP contribution in [0.3, 0.4) is 0 Å². The number of nitrogens with one attached hydrogen (secondary N) is 1. The van der Waals surface area contributed by atoms with Gasteiger partial charge in [0.15, 0.2) is 0 Å². The number of nitrogens with two attached hydrogens (primary N) is 1. The van der Waals surface area contributed by atoms with Crippen LogP contribution >= 0.6 is 28.1 Å². The number of benzene rings is 2. The van der Waals surface area contributed by atoms with Gasteiger partial charge in [-0.3, -0.25) is 0 Å². The maximum atomic E-state index is 5.78. The molecule has 2 aromatic rings. The van der Waals surface area contributed by atoms with E-state index >= 15 is 0 Å². The van der Waals surface area contributed by atoms with E-state index in [1.54, 1.807) is 0 Å². The number of aryl methyl sites for hydroxylation is 2. The second kappa shape index (κ2) is 5.72. The summed E-state index contributed by atoms with van der Waals surface area (Å²) in [4.78, 5) is 0.404. The summed E-state index contributed by atoms with van der Waals surface area (Å²) in [7, 11) is 0. The van der Waals surface area contributed by atoms with Crippen LogP contribution in [0.2, 0.25) is 0 Å². The topological polar surface area (TPSA) is 38.0 Å². The first-order chi connectivity index (χ1) is 8.97. The second-order valence-corrected chi connectivity index (χ2v) is 5.85. The van der Waals surface area contributed by atoms with Crippen molar-refractivity contribution < 1.29 is 0 Å². The van der Waals surface area contributed by atoms with Crippen LogP contribution < -0.4 is 11.1 Å². The summed E-state index contributed by atoms with van der Waals surface area (Å²) in [6, 6.07) is 12.1. The predicted octanol–water partition coefficient (Wildman–Crippen LogP) is 4.44. The number of thiocarbonyl (C=S) groups is 1. The molecule has 0 amide bonds. The molecule has 0 radical (unpaired) electrons. The molecule has 0 aliphatic carbocycles. The molecule has 2 rings (SSSR count). The maximum absolute atomic E-state index is 5.78. The van der Waals surface area contributed by atoms with Gasteiger partial charge in [0.2, 0.25) is 0 Å². The van der Waals surface area contributed by atoms with E-state index in [0.29, 0.717) is 4.99 Å². The normalized spacial score (nSPS) is 10.3. The molecular formula is C15H15BrN2S. The molecule has 19 heavy (non-hydrogen) atoms. The van der Waals surface area contributed by atoms with Gasteiger partial charge in [0.1, 0.15) is 4.99 Å². The van der Waals surface area contributed by atoms with Crippen molar-refractivity contribution in [3.63, 3.8) is 0 Å². The van der Waals surface area contributed by atoms with Gasteiger partial charge in [-0.05, 0) is 49.7 Å². The van der Waals surface area contributed by atoms with E-state index in [-0.39, 0.29) is 0 Å². The molecule has 0 aliphatic heterocycles. The fraction of sp³-hybridized carbons (Fsp3) is 0.133. The summed E-state index contributed by atoms with van der Waals surface area (Å²) in [6.07, 6.45) is 0. The van der Waals surface area contributed by atoms with Crippen LogP contribution in [0.15, 0.2) is 40.9 Å². The predicted molar refractivity (Wildman–Crippen MR) is 89.2 cm³/mol. The molecule has 0 saturated carbocycles. The van der Waals surface area contributed by atoms with Crippen LogP contribution in [0.4, 0.5) is 11.4 Å². The zero-order valence-corrected chi connectivity index (χ0v) is 13.2. The minimum atomic E-state index is 0.404. The molecule has 0 unspecified atom stereocenters. The quantitative estimate of drug-likeness (QED) is 0.814. The summed E-state index contributed by atoms with van der Waals surface area (Å²) in [5, 5.41) is 3.39. The number of hydrogen-bond donors (Lipinski definition) is 2. The van der Waals surface area contributed by atoms with E-state index in [4.69, 9.17) is 18.0 Å². The number of rotatable bonds is 3. The lowest BCUT2D eigenvalue weighted by Gasteiger charge is -2.14. The van der Waals surface area contributed by atoms with Gasteiger partial charge < -0.3 is 11.1 Å². The van der Waals surface area contributed by atoms with Crippen molar-refractivity contribution in [1.82, 2.24) is 0 Å². The monoisotopic (exact) mass is 334 g/mol. The fourth-order valence-corrected chi connectivity index (χ4v) is 2.53. The van der Waals surface area contributed by atoms with Crippen molar-refractivity contribution in [3.8, 4) is 0 Å². The van der Waals surface area contributed by atoms with E-state index in [0.717, 1.165) is 32.5 Å². The molecule has 0 bridgehead atoms. The van der Waals surface area contributed by atoms with Crippen LogP contribution in [0.5, 0.6) is 0 Å². The van der Waals surface area contributed by atoms with Crippen LogP contribution in [0, 0.1) is 13.8 Å². The van der Waals surface area contributed by atoms with Gasteiger partial charge in [-0.15, -0.1) is 0 Å². The molecule has 0 spiro atoms. The maximum Gasteiger partial charge on any atom is 0.106 e. The summed E-state index contributed by atoms with van der Waals surface area (Å²) in [6.45, 7) is 4.08. The highest BCUT2D eigenvalue weighted by Gasteiger charge is 2.07. The van der Waals surface area contributed by atoms with E-state index < -0.39 is 0 Å². The molecule has 2 nitrogen and oxygen atoms in total. The zero-order valence-electron chi connectivity index (χ0n) is 10.8. The van der Waals surface area contributed by atoms with E-state index in [1.165, 1.54) is 0 Å². The van der Waals surface area contributed by atoms with Crippen molar-refractivity contribution in [1.29, 1.82) is 0 Å².